The molecule has 2 aromatic heterocycles. The van der Waals surface area contributed by atoms with Gasteiger partial charge in [0.05, 0.1) is 5.92 Å². The summed E-state index contributed by atoms with van der Waals surface area (Å²) in [5.74, 6) is 0.963. The zero-order valence-electron chi connectivity index (χ0n) is 21.9. The largest absolute Gasteiger partial charge is 0.460 e. The number of benzene rings is 2. The second-order valence-corrected chi connectivity index (χ2v) is 11.1. The van der Waals surface area contributed by atoms with Crippen molar-refractivity contribution in [2.75, 3.05) is 13.1 Å². The van der Waals surface area contributed by atoms with E-state index in [0.29, 0.717) is 17.8 Å². The third-order valence-electron chi connectivity index (χ3n) is 6.58. The van der Waals surface area contributed by atoms with Gasteiger partial charge in [0, 0.05) is 53.9 Å². The van der Waals surface area contributed by atoms with Crippen LogP contribution in [0.15, 0.2) is 53.2 Å². The second kappa shape index (κ2) is 9.21. The summed E-state index contributed by atoms with van der Waals surface area (Å²) in [5.41, 5.74) is 4.91. The molecule has 1 saturated heterocycles. The molecule has 0 amide bonds. The van der Waals surface area contributed by atoms with E-state index in [-0.39, 0.29) is 11.9 Å². The lowest BCUT2D eigenvalue weighted by Crippen LogP contribution is -2.51. The van der Waals surface area contributed by atoms with Gasteiger partial charge < -0.3 is 13.8 Å². The van der Waals surface area contributed by atoms with Crippen LogP contribution in [0, 0.1) is 12.8 Å². The molecule has 7 heteroatoms. The van der Waals surface area contributed by atoms with Gasteiger partial charge in [0.25, 0.3) is 5.89 Å². The minimum Gasteiger partial charge on any atom is -0.460 e. The van der Waals surface area contributed by atoms with Gasteiger partial charge in [-0.3, -0.25) is 9.69 Å². The highest BCUT2D eigenvalue weighted by Gasteiger charge is 2.35. The highest BCUT2D eigenvalue weighted by molar-refractivity contribution is 5.84. The number of carbonyl (C=O) groups excluding carboxylic acids is 1. The Labute approximate surface area is 212 Å². The standard InChI is InChI=1S/C29H34N4O3/c1-18(2)33-12-11-21-14-22(8-10-25(21)33)27-30-26(31-36-27)24-9-7-20(13-19(24)3)15-32-16-23(17-32)28(34)35-29(4,5)6/h7-14,18,23H,15-17H2,1-6H3. The number of aryl methyl sites for hydroxylation is 1. The molecule has 0 radical (unpaired) electrons. The van der Waals surface area contributed by atoms with Gasteiger partial charge in [-0.15, -0.1) is 0 Å². The number of esters is 1. The first kappa shape index (κ1) is 24.3. The fourth-order valence-electron chi connectivity index (χ4n) is 4.76. The number of carbonyl (C=O) groups is 1. The maximum Gasteiger partial charge on any atom is 0.312 e. The van der Waals surface area contributed by atoms with Gasteiger partial charge in [0.2, 0.25) is 5.82 Å². The highest BCUT2D eigenvalue weighted by Crippen LogP contribution is 2.29. The quantitative estimate of drug-likeness (QED) is 0.310. The summed E-state index contributed by atoms with van der Waals surface area (Å²) >= 11 is 0. The van der Waals surface area contributed by atoms with E-state index in [1.807, 2.05) is 26.8 Å². The number of hydrogen-bond acceptors (Lipinski definition) is 6. The Morgan fingerprint density at radius 3 is 2.61 bits per heavy atom. The van der Waals surface area contributed by atoms with Crippen molar-refractivity contribution in [3.63, 3.8) is 0 Å². The molecule has 3 heterocycles. The van der Waals surface area contributed by atoms with E-state index in [2.05, 4.69) is 78.0 Å². The maximum absolute atomic E-state index is 12.2. The molecule has 1 aliphatic heterocycles. The minimum absolute atomic E-state index is 0.0366. The lowest BCUT2D eigenvalue weighted by Gasteiger charge is -2.38. The van der Waals surface area contributed by atoms with E-state index in [9.17, 15) is 4.79 Å². The van der Waals surface area contributed by atoms with Gasteiger partial charge in [-0.2, -0.15) is 4.98 Å². The van der Waals surface area contributed by atoms with Crippen LogP contribution in [0.4, 0.5) is 0 Å². The molecule has 0 unspecified atom stereocenters. The lowest BCUT2D eigenvalue weighted by atomic mass is 9.98. The lowest BCUT2D eigenvalue weighted by molar-refractivity contribution is -0.166. The number of rotatable bonds is 6. The normalized spacial score (nSPS) is 15.0. The number of fused-ring (bicyclic) bond motifs is 1. The number of hydrogen-bond donors (Lipinski definition) is 0. The molecule has 0 atom stereocenters. The Bertz CT molecular complexity index is 1400. The van der Waals surface area contributed by atoms with E-state index in [1.165, 1.54) is 11.1 Å². The Morgan fingerprint density at radius 2 is 1.92 bits per heavy atom. The summed E-state index contributed by atoms with van der Waals surface area (Å²) in [4.78, 5) is 19.2. The molecular formula is C29H34N4O3. The first-order valence-corrected chi connectivity index (χ1v) is 12.6. The van der Waals surface area contributed by atoms with Crippen molar-refractivity contribution in [1.29, 1.82) is 0 Å². The van der Waals surface area contributed by atoms with Crippen LogP contribution in [0.1, 0.15) is 51.8 Å². The van der Waals surface area contributed by atoms with Crippen LogP contribution >= 0.6 is 0 Å². The van der Waals surface area contributed by atoms with Crippen LogP contribution in [0.5, 0.6) is 0 Å². The third kappa shape index (κ3) is 4.93. The van der Waals surface area contributed by atoms with Crippen molar-refractivity contribution in [1.82, 2.24) is 19.6 Å². The second-order valence-electron chi connectivity index (χ2n) is 11.1. The SMILES string of the molecule is Cc1cc(CN2CC(C(=O)OC(C)(C)C)C2)ccc1-c1noc(-c2ccc3c(ccn3C(C)C)c2)n1. The molecule has 2 aromatic carbocycles. The Hall–Kier alpha value is -3.45. The number of likely N-dealkylation sites (tertiary alicyclic amines) is 1. The number of ether oxygens (including phenoxy) is 1. The van der Waals surface area contributed by atoms with E-state index in [4.69, 9.17) is 14.2 Å². The molecule has 0 aliphatic carbocycles. The monoisotopic (exact) mass is 486 g/mol. The summed E-state index contributed by atoms with van der Waals surface area (Å²) in [5, 5.41) is 5.41. The molecule has 4 aromatic rings. The van der Waals surface area contributed by atoms with Crippen LogP contribution in [-0.4, -0.2) is 44.3 Å². The van der Waals surface area contributed by atoms with E-state index in [1.54, 1.807) is 0 Å². The highest BCUT2D eigenvalue weighted by atomic mass is 16.6. The average molecular weight is 487 g/mol. The van der Waals surface area contributed by atoms with Crippen molar-refractivity contribution >= 4 is 16.9 Å². The van der Waals surface area contributed by atoms with Crippen LogP contribution < -0.4 is 0 Å². The summed E-state index contributed by atoms with van der Waals surface area (Å²) in [6, 6.07) is 15.1. The van der Waals surface area contributed by atoms with E-state index in [0.717, 1.165) is 41.7 Å². The molecule has 0 N–H and O–H groups in total. The van der Waals surface area contributed by atoms with Gasteiger partial charge in [-0.05, 0) is 76.9 Å². The van der Waals surface area contributed by atoms with Crippen LogP contribution in [-0.2, 0) is 16.1 Å². The molecule has 0 saturated carbocycles. The smallest absolute Gasteiger partial charge is 0.312 e. The van der Waals surface area contributed by atoms with Crippen molar-refractivity contribution in [2.45, 2.75) is 59.7 Å². The summed E-state index contributed by atoms with van der Waals surface area (Å²) in [7, 11) is 0. The summed E-state index contributed by atoms with van der Waals surface area (Å²) < 4.78 is 13.4. The van der Waals surface area contributed by atoms with Gasteiger partial charge in [0.15, 0.2) is 0 Å². The van der Waals surface area contributed by atoms with Gasteiger partial charge in [0.1, 0.15) is 5.60 Å². The maximum atomic E-state index is 12.2. The molecule has 1 aliphatic rings. The van der Waals surface area contributed by atoms with Crippen molar-refractivity contribution in [2.24, 2.45) is 5.92 Å². The molecule has 5 rings (SSSR count). The topological polar surface area (TPSA) is 73.4 Å². The number of nitrogens with zero attached hydrogens (tertiary/aromatic N) is 4. The van der Waals surface area contributed by atoms with E-state index >= 15 is 0 Å². The average Bonchev–Trinajstić information content (AvgIpc) is 3.41. The molecule has 36 heavy (non-hydrogen) atoms. The fraction of sp³-hybridized carbons (Fsp3) is 0.414. The van der Waals surface area contributed by atoms with Gasteiger partial charge in [-0.25, -0.2) is 0 Å². The van der Waals surface area contributed by atoms with Crippen LogP contribution in [0.3, 0.4) is 0 Å². The van der Waals surface area contributed by atoms with Crippen LogP contribution in [0.25, 0.3) is 33.7 Å². The third-order valence-corrected chi connectivity index (χ3v) is 6.58. The molecule has 188 valence electrons. The first-order chi connectivity index (χ1) is 17.1. The predicted octanol–water partition coefficient (Wildman–Crippen LogP) is 6.02. The van der Waals surface area contributed by atoms with Crippen molar-refractivity contribution < 1.29 is 14.1 Å². The molecular weight excluding hydrogens is 452 g/mol. The zero-order chi connectivity index (χ0) is 25.6. The molecule has 7 nitrogen and oxygen atoms in total. The summed E-state index contributed by atoms with van der Waals surface area (Å²) in [6.07, 6.45) is 2.11. The predicted molar refractivity (Wildman–Crippen MR) is 140 cm³/mol. The van der Waals surface area contributed by atoms with Crippen molar-refractivity contribution in [3.05, 3.63) is 59.8 Å². The number of aromatic nitrogens is 3. The van der Waals surface area contributed by atoms with Gasteiger partial charge in [-0.1, -0.05) is 23.4 Å². The minimum atomic E-state index is -0.438. The van der Waals surface area contributed by atoms with Crippen LogP contribution in [0.2, 0.25) is 0 Å². The van der Waals surface area contributed by atoms with Gasteiger partial charge >= 0.3 is 5.97 Å². The zero-order valence-corrected chi connectivity index (χ0v) is 21.9. The Morgan fingerprint density at radius 1 is 1.14 bits per heavy atom. The van der Waals surface area contributed by atoms with Crippen molar-refractivity contribution in [3.8, 4) is 22.8 Å². The molecule has 1 fully saturated rings. The van der Waals surface area contributed by atoms with E-state index < -0.39 is 5.60 Å². The fourth-order valence-corrected chi connectivity index (χ4v) is 4.76. The Kier molecular flexibility index (Phi) is 6.20. The molecule has 0 bridgehead atoms. The first-order valence-electron chi connectivity index (χ1n) is 12.6. The Balaban J connectivity index is 1.25. The summed E-state index contributed by atoms with van der Waals surface area (Å²) in [6.45, 7) is 14.4. The molecule has 0 spiro atoms.